The smallest absolute Gasteiger partial charge is 0.212 e. The topological polar surface area (TPSA) is 39.1 Å². The molecule has 0 aliphatic rings. The van der Waals surface area contributed by atoms with Crippen molar-refractivity contribution in [2.75, 3.05) is 12.4 Å². The summed E-state index contributed by atoms with van der Waals surface area (Å²) >= 11 is 6.09. The quantitative estimate of drug-likeness (QED) is 0.781. The Hall–Kier alpha value is -2.46. The first-order valence-corrected chi connectivity index (χ1v) is 6.85. The van der Waals surface area contributed by atoms with Gasteiger partial charge in [0.05, 0.1) is 12.8 Å². The highest BCUT2D eigenvalue weighted by Gasteiger charge is 2.11. The lowest BCUT2D eigenvalue weighted by Crippen LogP contribution is -2.02. The zero-order chi connectivity index (χ0) is 14.7. The molecule has 0 amide bonds. The molecule has 0 fully saturated rings. The largest absolute Gasteiger partial charge is 0.495 e. The van der Waals surface area contributed by atoms with Crippen molar-refractivity contribution < 1.29 is 4.74 Å². The number of anilines is 2. The SMILES string of the molecule is COc1ccc(Cl)cc1-n1ccnc1Nc1ccccc1. The maximum atomic E-state index is 6.09. The lowest BCUT2D eigenvalue weighted by Gasteiger charge is -2.13. The van der Waals surface area contributed by atoms with Crippen molar-refractivity contribution in [3.63, 3.8) is 0 Å². The highest BCUT2D eigenvalue weighted by molar-refractivity contribution is 6.30. The van der Waals surface area contributed by atoms with Gasteiger partial charge in [0.15, 0.2) is 0 Å². The third kappa shape index (κ3) is 2.85. The van der Waals surface area contributed by atoms with Gasteiger partial charge >= 0.3 is 0 Å². The van der Waals surface area contributed by atoms with Crippen LogP contribution < -0.4 is 10.1 Å². The van der Waals surface area contributed by atoms with Gasteiger partial charge in [0.25, 0.3) is 0 Å². The highest BCUT2D eigenvalue weighted by atomic mass is 35.5. The molecule has 5 heteroatoms. The number of nitrogens with one attached hydrogen (secondary N) is 1. The summed E-state index contributed by atoms with van der Waals surface area (Å²) < 4.78 is 7.29. The van der Waals surface area contributed by atoms with Crippen LogP contribution in [0.25, 0.3) is 5.69 Å². The fraction of sp³-hybridized carbons (Fsp3) is 0.0625. The number of rotatable bonds is 4. The van der Waals surface area contributed by atoms with E-state index in [0.29, 0.717) is 11.0 Å². The molecule has 0 aliphatic carbocycles. The van der Waals surface area contributed by atoms with Gasteiger partial charge in [0.1, 0.15) is 5.75 Å². The zero-order valence-electron chi connectivity index (χ0n) is 11.5. The van der Waals surface area contributed by atoms with Gasteiger partial charge in [-0.15, -0.1) is 0 Å². The van der Waals surface area contributed by atoms with Crippen LogP contribution in [-0.2, 0) is 0 Å². The molecule has 0 unspecified atom stereocenters. The lowest BCUT2D eigenvalue weighted by molar-refractivity contribution is 0.413. The minimum atomic E-state index is 0.644. The molecule has 21 heavy (non-hydrogen) atoms. The van der Waals surface area contributed by atoms with Crippen LogP contribution >= 0.6 is 11.6 Å². The monoisotopic (exact) mass is 299 g/mol. The number of para-hydroxylation sites is 1. The van der Waals surface area contributed by atoms with Gasteiger partial charge in [-0.05, 0) is 30.3 Å². The molecular weight excluding hydrogens is 286 g/mol. The molecule has 1 heterocycles. The molecule has 0 saturated carbocycles. The van der Waals surface area contributed by atoms with Crippen molar-refractivity contribution in [1.29, 1.82) is 0 Å². The first-order chi connectivity index (χ1) is 10.3. The van der Waals surface area contributed by atoms with E-state index in [0.717, 1.165) is 17.1 Å². The summed E-state index contributed by atoms with van der Waals surface area (Å²) in [6.07, 6.45) is 3.59. The summed E-state index contributed by atoms with van der Waals surface area (Å²) in [7, 11) is 1.63. The molecule has 0 saturated heterocycles. The number of ether oxygens (including phenoxy) is 1. The molecule has 106 valence electrons. The van der Waals surface area contributed by atoms with Crippen molar-refractivity contribution >= 4 is 23.2 Å². The minimum absolute atomic E-state index is 0.644. The summed E-state index contributed by atoms with van der Waals surface area (Å²) in [6.45, 7) is 0. The fourth-order valence-corrected chi connectivity index (χ4v) is 2.26. The van der Waals surface area contributed by atoms with E-state index in [2.05, 4.69) is 10.3 Å². The van der Waals surface area contributed by atoms with Crippen LogP contribution in [0.1, 0.15) is 0 Å². The highest BCUT2D eigenvalue weighted by Crippen LogP contribution is 2.29. The fourth-order valence-electron chi connectivity index (χ4n) is 2.09. The second kappa shape index (κ2) is 5.89. The number of imidazole rings is 1. The Morgan fingerprint density at radius 3 is 2.71 bits per heavy atom. The molecule has 1 N–H and O–H groups in total. The van der Waals surface area contributed by atoms with E-state index in [9.17, 15) is 0 Å². The Labute approximate surface area is 128 Å². The summed E-state index contributed by atoms with van der Waals surface area (Å²) in [5, 5.41) is 3.92. The lowest BCUT2D eigenvalue weighted by atomic mass is 10.3. The summed E-state index contributed by atoms with van der Waals surface area (Å²) in [4.78, 5) is 4.35. The number of nitrogens with zero attached hydrogens (tertiary/aromatic N) is 2. The molecule has 0 aliphatic heterocycles. The zero-order valence-corrected chi connectivity index (χ0v) is 12.2. The molecule has 3 rings (SSSR count). The molecule has 0 radical (unpaired) electrons. The van der Waals surface area contributed by atoms with E-state index in [1.54, 1.807) is 19.4 Å². The molecule has 1 aromatic heterocycles. The molecule has 2 aromatic carbocycles. The Kier molecular flexibility index (Phi) is 3.79. The molecule has 0 spiro atoms. The van der Waals surface area contributed by atoms with Gasteiger partial charge < -0.3 is 10.1 Å². The third-order valence-corrected chi connectivity index (χ3v) is 3.31. The van der Waals surface area contributed by atoms with Crippen molar-refractivity contribution in [2.24, 2.45) is 0 Å². The summed E-state index contributed by atoms with van der Waals surface area (Å²) in [5.74, 6) is 1.43. The Bertz CT molecular complexity index is 740. The molecule has 3 aromatic rings. The van der Waals surface area contributed by atoms with Crippen molar-refractivity contribution in [3.05, 3.63) is 65.9 Å². The van der Waals surface area contributed by atoms with Gasteiger partial charge in [-0.25, -0.2) is 4.98 Å². The van der Waals surface area contributed by atoms with Crippen LogP contribution in [-0.4, -0.2) is 16.7 Å². The summed E-state index contributed by atoms with van der Waals surface area (Å²) in [5.41, 5.74) is 1.80. The van der Waals surface area contributed by atoms with E-state index >= 15 is 0 Å². The second-order valence-corrected chi connectivity index (χ2v) is 4.86. The van der Waals surface area contributed by atoms with E-state index in [-0.39, 0.29) is 0 Å². The van der Waals surface area contributed by atoms with Crippen LogP contribution in [0.3, 0.4) is 0 Å². The van der Waals surface area contributed by atoms with Crippen LogP contribution in [0.5, 0.6) is 5.75 Å². The molecule has 4 nitrogen and oxygen atoms in total. The normalized spacial score (nSPS) is 10.4. The molecule has 0 atom stereocenters. The maximum Gasteiger partial charge on any atom is 0.212 e. The van der Waals surface area contributed by atoms with Crippen molar-refractivity contribution in [1.82, 2.24) is 9.55 Å². The molecular formula is C16H14ClN3O. The number of methoxy groups -OCH3 is 1. The van der Waals surface area contributed by atoms with E-state index in [1.807, 2.05) is 53.2 Å². The van der Waals surface area contributed by atoms with Gasteiger partial charge in [-0.2, -0.15) is 0 Å². The van der Waals surface area contributed by atoms with Gasteiger partial charge in [0, 0.05) is 23.1 Å². The van der Waals surface area contributed by atoms with E-state index in [4.69, 9.17) is 16.3 Å². The number of hydrogen-bond acceptors (Lipinski definition) is 3. The number of halogens is 1. The number of hydrogen-bond donors (Lipinski definition) is 1. The van der Waals surface area contributed by atoms with Crippen LogP contribution in [0, 0.1) is 0 Å². The second-order valence-electron chi connectivity index (χ2n) is 4.43. The summed E-state index contributed by atoms with van der Waals surface area (Å²) in [6, 6.07) is 15.3. The average Bonchev–Trinajstić information content (AvgIpc) is 2.96. The molecule has 0 bridgehead atoms. The number of aromatic nitrogens is 2. The van der Waals surface area contributed by atoms with Crippen LogP contribution in [0.4, 0.5) is 11.6 Å². The average molecular weight is 300 g/mol. The number of benzene rings is 2. The van der Waals surface area contributed by atoms with Gasteiger partial charge in [0.2, 0.25) is 5.95 Å². The third-order valence-electron chi connectivity index (χ3n) is 3.07. The van der Waals surface area contributed by atoms with Crippen molar-refractivity contribution in [2.45, 2.75) is 0 Å². The Balaban J connectivity index is 2.01. The predicted octanol–water partition coefficient (Wildman–Crippen LogP) is 4.28. The van der Waals surface area contributed by atoms with Gasteiger partial charge in [-0.3, -0.25) is 4.57 Å². The van der Waals surface area contributed by atoms with Crippen molar-refractivity contribution in [3.8, 4) is 11.4 Å². The first kappa shape index (κ1) is 13.5. The standard InChI is InChI=1S/C16H14ClN3O/c1-21-15-8-7-12(17)11-14(15)20-10-9-18-16(20)19-13-5-3-2-4-6-13/h2-11H,1H3,(H,18,19). The Morgan fingerprint density at radius 2 is 1.95 bits per heavy atom. The maximum absolute atomic E-state index is 6.09. The van der Waals surface area contributed by atoms with Crippen LogP contribution in [0.2, 0.25) is 5.02 Å². The van der Waals surface area contributed by atoms with Gasteiger partial charge in [-0.1, -0.05) is 29.8 Å². The van der Waals surface area contributed by atoms with Crippen LogP contribution in [0.15, 0.2) is 60.9 Å². The first-order valence-electron chi connectivity index (χ1n) is 6.47. The van der Waals surface area contributed by atoms with E-state index in [1.165, 1.54) is 0 Å². The predicted molar refractivity (Wildman–Crippen MR) is 84.9 cm³/mol. The Morgan fingerprint density at radius 1 is 1.14 bits per heavy atom. The van der Waals surface area contributed by atoms with E-state index < -0.39 is 0 Å². The minimum Gasteiger partial charge on any atom is -0.495 e.